The van der Waals surface area contributed by atoms with Crippen molar-refractivity contribution in [2.75, 3.05) is 6.54 Å². The van der Waals surface area contributed by atoms with Crippen LogP contribution in [0, 0.1) is 5.92 Å². The molecule has 13 heavy (non-hydrogen) atoms. The van der Waals surface area contributed by atoms with Gasteiger partial charge in [-0.1, -0.05) is 6.92 Å². The van der Waals surface area contributed by atoms with E-state index in [2.05, 4.69) is 12.2 Å². The summed E-state index contributed by atoms with van der Waals surface area (Å²) in [6.07, 6.45) is 4.79. The van der Waals surface area contributed by atoms with Gasteiger partial charge >= 0.3 is 0 Å². The molecule has 0 radical (unpaired) electrons. The van der Waals surface area contributed by atoms with E-state index in [-0.39, 0.29) is 0 Å². The lowest BCUT2D eigenvalue weighted by molar-refractivity contribution is -0.00275. The van der Waals surface area contributed by atoms with Crippen molar-refractivity contribution in [1.82, 2.24) is 5.32 Å². The van der Waals surface area contributed by atoms with E-state index in [9.17, 15) is 5.11 Å². The maximum Gasteiger partial charge on any atom is 0.0619 e. The van der Waals surface area contributed by atoms with Crippen LogP contribution in [0.4, 0.5) is 0 Å². The number of hydrogen-bond acceptors (Lipinski definition) is 2. The second-order valence-corrected chi connectivity index (χ2v) is 4.76. The Morgan fingerprint density at radius 3 is 2.15 bits per heavy atom. The maximum atomic E-state index is 9.84. The summed E-state index contributed by atoms with van der Waals surface area (Å²) in [6.45, 7) is 7.09. The van der Waals surface area contributed by atoms with Gasteiger partial charge in [-0.25, -0.2) is 0 Å². The fraction of sp³-hybridized carbons (Fsp3) is 1.00. The molecule has 0 amide bonds. The highest BCUT2D eigenvalue weighted by molar-refractivity contribution is 4.84. The molecule has 0 aromatic carbocycles. The fourth-order valence-corrected chi connectivity index (χ4v) is 2.29. The lowest BCUT2D eigenvalue weighted by Gasteiger charge is -2.36. The predicted molar refractivity (Wildman–Crippen MR) is 55.7 cm³/mol. The van der Waals surface area contributed by atoms with Gasteiger partial charge < -0.3 is 10.4 Å². The average Bonchev–Trinajstić information content (AvgIpc) is 2.04. The molecule has 0 bridgehead atoms. The minimum atomic E-state index is -0.475. The molecule has 2 nitrogen and oxygen atoms in total. The van der Waals surface area contributed by atoms with Gasteiger partial charge in [-0.2, -0.15) is 0 Å². The van der Waals surface area contributed by atoms with Crippen LogP contribution in [-0.2, 0) is 0 Å². The topological polar surface area (TPSA) is 32.3 Å². The molecule has 0 aromatic rings. The van der Waals surface area contributed by atoms with Gasteiger partial charge in [0.15, 0.2) is 0 Å². The van der Waals surface area contributed by atoms with Gasteiger partial charge in [0, 0.05) is 6.04 Å². The third kappa shape index (κ3) is 3.28. The third-order valence-corrected chi connectivity index (χ3v) is 3.22. The number of aliphatic hydroxyl groups is 1. The Kier molecular flexibility index (Phi) is 3.74. The highest BCUT2D eigenvalue weighted by Gasteiger charge is 2.30. The van der Waals surface area contributed by atoms with Gasteiger partial charge in [0.2, 0.25) is 0 Å². The largest absolute Gasteiger partial charge is 0.390 e. The Labute approximate surface area is 81.7 Å². The van der Waals surface area contributed by atoms with Crippen LogP contribution in [-0.4, -0.2) is 23.3 Å². The Hall–Kier alpha value is -0.0800. The van der Waals surface area contributed by atoms with Gasteiger partial charge in [0.1, 0.15) is 0 Å². The van der Waals surface area contributed by atoms with E-state index in [4.69, 9.17) is 0 Å². The Morgan fingerprint density at radius 1 is 1.23 bits per heavy atom. The van der Waals surface area contributed by atoms with Crippen LogP contribution >= 0.6 is 0 Å². The molecule has 0 aliphatic heterocycles. The molecule has 2 heteroatoms. The second-order valence-electron chi connectivity index (χ2n) is 4.76. The molecular weight excluding hydrogens is 162 g/mol. The summed E-state index contributed by atoms with van der Waals surface area (Å²) in [6, 6.07) is 0.698. The first-order valence-electron chi connectivity index (χ1n) is 5.49. The smallest absolute Gasteiger partial charge is 0.0619 e. The van der Waals surface area contributed by atoms with Gasteiger partial charge in [-0.3, -0.25) is 0 Å². The van der Waals surface area contributed by atoms with E-state index in [1.54, 1.807) is 0 Å². The van der Waals surface area contributed by atoms with Crippen LogP contribution in [0.5, 0.6) is 0 Å². The quantitative estimate of drug-likeness (QED) is 0.704. The predicted octanol–water partition coefficient (Wildman–Crippen LogP) is 1.93. The van der Waals surface area contributed by atoms with E-state index < -0.39 is 5.60 Å². The third-order valence-electron chi connectivity index (χ3n) is 3.22. The summed E-state index contributed by atoms with van der Waals surface area (Å²) >= 11 is 0. The van der Waals surface area contributed by atoms with Crippen LogP contribution in [0.25, 0.3) is 0 Å². The van der Waals surface area contributed by atoms with Crippen LogP contribution in [0.2, 0.25) is 0 Å². The van der Waals surface area contributed by atoms with Crippen LogP contribution in [0.3, 0.4) is 0 Å². The molecule has 2 N–H and O–H groups in total. The van der Waals surface area contributed by atoms with E-state index in [0.29, 0.717) is 12.0 Å². The Morgan fingerprint density at radius 2 is 1.77 bits per heavy atom. The molecule has 0 aromatic heterocycles. The first-order valence-corrected chi connectivity index (χ1v) is 5.49. The molecule has 0 heterocycles. The number of nitrogens with one attached hydrogen (secondary N) is 1. The van der Waals surface area contributed by atoms with E-state index in [1.807, 2.05) is 13.8 Å². The van der Waals surface area contributed by atoms with E-state index >= 15 is 0 Å². The Bertz CT molecular complexity index is 143. The molecule has 1 fully saturated rings. The first kappa shape index (κ1) is 11.0. The minimum Gasteiger partial charge on any atom is -0.390 e. The Balaban J connectivity index is 2.30. The zero-order valence-electron chi connectivity index (χ0n) is 9.14. The standard InChI is InChI=1S/C11H23NO/c1-4-12-10-7-5-9(6-8-10)11(2,3)13/h9-10,12-13H,4-8H2,1-3H3. The summed E-state index contributed by atoms with van der Waals surface area (Å²) in [5.74, 6) is 0.502. The summed E-state index contributed by atoms with van der Waals surface area (Å²) in [7, 11) is 0. The molecule has 1 saturated carbocycles. The molecule has 0 saturated heterocycles. The number of rotatable bonds is 3. The summed E-state index contributed by atoms with van der Waals surface area (Å²) in [5.41, 5.74) is -0.475. The van der Waals surface area contributed by atoms with Crippen LogP contribution in [0.1, 0.15) is 46.5 Å². The van der Waals surface area contributed by atoms with E-state index in [1.165, 1.54) is 25.7 Å². The summed E-state index contributed by atoms with van der Waals surface area (Å²) < 4.78 is 0. The van der Waals surface area contributed by atoms with Crippen LogP contribution < -0.4 is 5.32 Å². The normalized spacial score (nSPS) is 30.5. The lowest BCUT2D eigenvalue weighted by atomic mass is 9.77. The number of hydrogen-bond donors (Lipinski definition) is 2. The minimum absolute atomic E-state index is 0.475. The molecule has 1 aliphatic rings. The molecule has 0 unspecified atom stereocenters. The zero-order chi connectivity index (χ0) is 9.90. The van der Waals surface area contributed by atoms with Gasteiger partial charge in [0.05, 0.1) is 5.60 Å². The van der Waals surface area contributed by atoms with Gasteiger partial charge in [-0.15, -0.1) is 0 Å². The van der Waals surface area contributed by atoms with Crippen molar-refractivity contribution in [3.05, 3.63) is 0 Å². The van der Waals surface area contributed by atoms with Crippen molar-refractivity contribution in [2.24, 2.45) is 5.92 Å². The molecule has 1 aliphatic carbocycles. The molecule has 0 spiro atoms. The average molecular weight is 185 g/mol. The SMILES string of the molecule is CCNC1CCC(C(C)(C)O)CC1. The van der Waals surface area contributed by atoms with Gasteiger partial charge in [0.25, 0.3) is 0 Å². The fourth-order valence-electron chi connectivity index (χ4n) is 2.29. The summed E-state index contributed by atoms with van der Waals surface area (Å²) in [4.78, 5) is 0. The van der Waals surface area contributed by atoms with Crippen molar-refractivity contribution in [1.29, 1.82) is 0 Å². The van der Waals surface area contributed by atoms with Crippen molar-refractivity contribution >= 4 is 0 Å². The molecule has 1 rings (SSSR count). The summed E-state index contributed by atoms with van der Waals surface area (Å²) in [5, 5.41) is 13.3. The monoisotopic (exact) mass is 185 g/mol. The van der Waals surface area contributed by atoms with Crippen molar-refractivity contribution in [2.45, 2.75) is 58.1 Å². The van der Waals surface area contributed by atoms with Crippen LogP contribution in [0.15, 0.2) is 0 Å². The zero-order valence-corrected chi connectivity index (χ0v) is 9.14. The van der Waals surface area contributed by atoms with Crippen molar-refractivity contribution in [3.63, 3.8) is 0 Å². The van der Waals surface area contributed by atoms with Gasteiger partial charge in [-0.05, 0) is 52.0 Å². The molecule has 0 atom stereocenters. The van der Waals surface area contributed by atoms with Crippen molar-refractivity contribution in [3.8, 4) is 0 Å². The maximum absolute atomic E-state index is 9.84. The molecule has 78 valence electrons. The first-order chi connectivity index (χ1) is 6.04. The lowest BCUT2D eigenvalue weighted by Crippen LogP contribution is -2.39. The highest BCUT2D eigenvalue weighted by atomic mass is 16.3. The second kappa shape index (κ2) is 4.43. The van der Waals surface area contributed by atoms with E-state index in [0.717, 1.165) is 6.54 Å². The van der Waals surface area contributed by atoms with Crippen molar-refractivity contribution < 1.29 is 5.11 Å². The molecular formula is C11H23NO. The highest BCUT2D eigenvalue weighted by Crippen LogP contribution is 2.32.